The molecule has 3 aromatic rings. The quantitative estimate of drug-likeness (QED) is 0.673. The van der Waals surface area contributed by atoms with Crippen molar-refractivity contribution < 1.29 is 17.6 Å². The van der Waals surface area contributed by atoms with E-state index in [-0.39, 0.29) is 5.95 Å². The van der Waals surface area contributed by atoms with E-state index in [4.69, 9.17) is 0 Å². The highest BCUT2D eigenvalue weighted by atomic mass is 19.4. The summed E-state index contributed by atoms with van der Waals surface area (Å²) >= 11 is 0. The monoisotopic (exact) mass is 391 g/mol. The maximum Gasteiger partial charge on any atom is 0.408 e. The third-order valence-electron chi connectivity index (χ3n) is 4.73. The lowest BCUT2D eigenvalue weighted by Gasteiger charge is -2.18. The van der Waals surface area contributed by atoms with Crippen molar-refractivity contribution in [2.24, 2.45) is 0 Å². The number of aryl methyl sites for hydroxylation is 1. The van der Waals surface area contributed by atoms with E-state index in [1.807, 2.05) is 12.1 Å². The van der Waals surface area contributed by atoms with Crippen LogP contribution in [0.2, 0.25) is 0 Å². The Morgan fingerprint density at radius 2 is 2.00 bits per heavy atom. The summed E-state index contributed by atoms with van der Waals surface area (Å²) < 4.78 is 53.6. The Balaban J connectivity index is 1.71. The van der Waals surface area contributed by atoms with Crippen molar-refractivity contribution in [3.63, 3.8) is 0 Å². The number of nitrogens with one attached hydrogen (secondary N) is 1. The molecule has 1 N–H and O–H groups in total. The Morgan fingerprint density at radius 3 is 2.79 bits per heavy atom. The van der Waals surface area contributed by atoms with Gasteiger partial charge in [0, 0.05) is 18.0 Å². The first-order valence-electron chi connectivity index (χ1n) is 8.85. The second kappa shape index (κ2) is 6.88. The number of hydrogen-bond acceptors (Lipinski definition) is 4. The number of fused-ring (bicyclic) bond motifs is 2. The maximum atomic E-state index is 13.9. The van der Waals surface area contributed by atoms with Gasteiger partial charge in [-0.15, -0.1) is 0 Å². The number of nitrogens with zero attached hydrogens (tertiary/aromatic N) is 4. The summed E-state index contributed by atoms with van der Waals surface area (Å²) in [6.45, 7) is 1.02. The van der Waals surface area contributed by atoms with E-state index in [0.29, 0.717) is 17.8 Å². The molecule has 1 aliphatic rings. The predicted molar refractivity (Wildman–Crippen MR) is 96.3 cm³/mol. The number of imidazole rings is 1. The third kappa shape index (κ3) is 3.44. The molecule has 0 amide bonds. The third-order valence-corrected chi connectivity index (χ3v) is 4.73. The molecule has 28 heavy (non-hydrogen) atoms. The van der Waals surface area contributed by atoms with Gasteiger partial charge in [-0.1, -0.05) is 6.08 Å². The SMILES string of the molecule is C[C@@H](Nc1ncc2c(n1)CCCC=C2c1ccc2ncc(F)n2c1)C(F)(F)F. The lowest BCUT2D eigenvalue weighted by Crippen LogP contribution is -2.33. The first-order chi connectivity index (χ1) is 13.3. The Labute approximate surface area is 158 Å². The fourth-order valence-electron chi connectivity index (χ4n) is 3.19. The molecule has 4 rings (SSSR count). The van der Waals surface area contributed by atoms with Crippen LogP contribution in [0.4, 0.5) is 23.5 Å². The summed E-state index contributed by atoms with van der Waals surface area (Å²) in [4.78, 5) is 12.4. The van der Waals surface area contributed by atoms with Crippen molar-refractivity contribution in [2.45, 2.75) is 38.4 Å². The number of rotatable bonds is 3. The number of anilines is 1. The lowest BCUT2D eigenvalue weighted by molar-refractivity contribution is -0.138. The zero-order chi connectivity index (χ0) is 19.9. The van der Waals surface area contributed by atoms with Gasteiger partial charge in [-0.2, -0.15) is 17.6 Å². The van der Waals surface area contributed by atoms with Crippen molar-refractivity contribution >= 4 is 17.2 Å². The highest BCUT2D eigenvalue weighted by Gasteiger charge is 2.36. The average Bonchev–Trinajstić information content (AvgIpc) is 2.89. The number of allylic oxidation sites excluding steroid dienone is 1. The van der Waals surface area contributed by atoms with Crippen LogP contribution in [-0.4, -0.2) is 31.6 Å². The van der Waals surface area contributed by atoms with Crippen LogP contribution in [0.25, 0.3) is 11.2 Å². The number of alkyl halides is 3. The first-order valence-corrected chi connectivity index (χ1v) is 8.85. The predicted octanol–water partition coefficient (Wildman–Crippen LogP) is 4.39. The second-order valence-electron chi connectivity index (χ2n) is 6.70. The molecule has 1 aliphatic carbocycles. The zero-order valence-corrected chi connectivity index (χ0v) is 15.0. The van der Waals surface area contributed by atoms with E-state index in [1.165, 1.54) is 10.6 Å². The highest BCUT2D eigenvalue weighted by molar-refractivity contribution is 5.81. The van der Waals surface area contributed by atoms with Gasteiger partial charge < -0.3 is 5.32 Å². The van der Waals surface area contributed by atoms with E-state index in [9.17, 15) is 17.6 Å². The maximum absolute atomic E-state index is 13.9. The van der Waals surface area contributed by atoms with Crippen molar-refractivity contribution in [3.8, 4) is 0 Å². The first kappa shape index (κ1) is 18.4. The Hall–Kier alpha value is -2.97. The van der Waals surface area contributed by atoms with Crippen LogP contribution in [0.1, 0.15) is 36.6 Å². The fourth-order valence-corrected chi connectivity index (χ4v) is 3.19. The van der Waals surface area contributed by atoms with Crippen molar-refractivity contribution in [3.05, 3.63) is 59.6 Å². The Morgan fingerprint density at radius 1 is 1.18 bits per heavy atom. The Bertz CT molecular complexity index is 1050. The van der Waals surface area contributed by atoms with E-state index in [1.54, 1.807) is 12.3 Å². The van der Waals surface area contributed by atoms with E-state index < -0.39 is 18.2 Å². The van der Waals surface area contributed by atoms with Crippen LogP contribution in [0, 0.1) is 5.95 Å². The van der Waals surface area contributed by atoms with Crippen LogP contribution in [0.3, 0.4) is 0 Å². The molecule has 0 radical (unpaired) electrons. The lowest BCUT2D eigenvalue weighted by atomic mass is 9.99. The highest BCUT2D eigenvalue weighted by Crippen LogP contribution is 2.31. The molecule has 0 unspecified atom stereocenters. The largest absolute Gasteiger partial charge is 0.408 e. The average molecular weight is 391 g/mol. The van der Waals surface area contributed by atoms with Gasteiger partial charge in [-0.3, -0.25) is 4.40 Å². The Kier molecular flexibility index (Phi) is 4.52. The fraction of sp³-hybridized carbons (Fsp3) is 0.316. The molecule has 3 aromatic heterocycles. The summed E-state index contributed by atoms with van der Waals surface area (Å²) in [6, 6.07) is 1.80. The van der Waals surface area contributed by atoms with Crippen LogP contribution in [0.5, 0.6) is 0 Å². The summed E-state index contributed by atoms with van der Waals surface area (Å²) in [6.07, 6.45) is 4.17. The standard InChI is InChI=1S/C19H17F4N5/c1-11(19(21,22)23)26-18-25-8-14-13(4-2-3-5-15(14)27-18)12-6-7-17-24-9-16(20)28(17)10-12/h4,6-11H,2-3,5H2,1H3,(H,25,26,27)/t11-/m1/s1. The number of hydrogen-bond donors (Lipinski definition) is 1. The van der Waals surface area contributed by atoms with Gasteiger partial charge in [0.15, 0.2) is 0 Å². The summed E-state index contributed by atoms with van der Waals surface area (Å²) in [7, 11) is 0. The molecule has 0 aromatic carbocycles. The van der Waals surface area contributed by atoms with Gasteiger partial charge in [-0.05, 0) is 49.5 Å². The van der Waals surface area contributed by atoms with Gasteiger partial charge in [0.05, 0.1) is 11.9 Å². The van der Waals surface area contributed by atoms with Crippen molar-refractivity contribution in [2.75, 3.05) is 5.32 Å². The smallest absolute Gasteiger partial charge is 0.343 e. The molecule has 0 saturated heterocycles. The zero-order valence-electron chi connectivity index (χ0n) is 15.0. The number of aromatic nitrogens is 4. The van der Waals surface area contributed by atoms with Gasteiger partial charge >= 0.3 is 6.18 Å². The normalized spacial score (nSPS) is 15.7. The molecule has 3 heterocycles. The van der Waals surface area contributed by atoms with Crippen LogP contribution in [0.15, 0.2) is 36.8 Å². The number of halogens is 4. The molecule has 1 atom stereocenters. The van der Waals surface area contributed by atoms with Gasteiger partial charge in [0.2, 0.25) is 11.9 Å². The van der Waals surface area contributed by atoms with Gasteiger partial charge in [-0.25, -0.2) is 15.0 Å². The van der Waals surface area contributed by atoms with E-state index in [2.05, 4.69) is 20.3 Å². The molecule has 0 bridgehead atoms. The van der Waals surface area contributed by atoms with Crippen LogP contribution >= 0.6 is 0 Å². The van der Waals surface area contributed by atoms with Gasteiger partial charge in [0.1, 0.15) is 11.7 Å². The minimum Gasteiger partial charge on any atom is -0.343 e. The van der Waals surface area contributed by atoms with E-state index >= 15 is 0 Å². The molecular weight excluding hydrogens is 374 g/mol. The number of pyridine rings is 1. The molecule has 0 saturated carbocycles. The minimum absolute atomic E-state index is 0.0547. The topological polar surface area (TPSA) is 55.1 Å². The summed E-state index contributed by atoms with van der Waals surface area (Å²) in [5.74, 6) is -0.524. The van der Waals surface area contributed by atoms with E-state index in [0.717, 1.165) is 42.7 Å². The van der Waals surface area contributed by atoms with Crippen molar-refractivity contribution in [1.29, 1.82) is 0 Å². The molecule has 146 valence electrons. The van der Waals surface area contributed by atoms with Crippen molar-refractivity contribution in [1.82, 2.24) is 19.4 Å². The summed E-state index contributed by atoms with van der Waals surface area (Å²) in [5.41, 5.74) is 3.50. The minimum atomic E-state index is -4.38. The molecule has 0 aliphatic heterocycles. The molecular formula is C19H17F4N5. The van der Waals surface area contributed by atoms with Crippen LogP contribution in [-0.2, 0) is 6.42 Å². The van der Waals surface area contributed by atoms with Crippen LogP contribution < -0.4 is 5.32 Å². The molecule has 9 heteroatoms. The van der Waals surface area contributed by atoms with Gasteiger partial charge in [0.25, 0.3) is 0 Å². The molecule has 0 spiro atoms. The summed E-state index contributed by atoms with van der Waals surface area (Å²) in [5, 5.41) is 2.31. The molecule has 5 nitrogen and oxygen atoms in total. The molecule has 0 fully saturated rings. The second-order valence-corrected chi connectivity index (χ2v) is 6.70.